The molecule has 0 saturated carbocycles. The van der Waals surface area contributed by atoms with Crippen molar-refractivity contribution in [3.05, 3.63) is 21.6 Å². The van der Waals surface area contributed by atoms with Crippen molar-refractivity contribution in [1.82, 2.24) is 4.72 Å². The second-order valence-corrected chi connectivity index (χ2v) is 7.26. The maximum atomic E-state index is 12.2. The smallest absolute Gasteiger partial charge is 0.241 e. The first-order chi connectivity index (χ1) is 8.90. The van der Waals surface area contributed by atoms with Crippen molar-refractivity contribution in [1.29, 1.82) is 0 Å². The lowest BCUT2D eigenvalue weighted by Crippen LogP contribution is -2.32. The Morgan fingerprint density at radius 2 is 2.26 bits per heavy atom. The van der Waals surface area contributed by atoms with Crippen LogP contribution < -0.4 is 10.5 Å². The molecule has 19 heavy (non-hydrogen) atoms. The first-order valence-corrected chi connectivity index (χ1v) is 8.41. The molecule has 1 atom stereocenters. The van der Waals surface area contributed by atoms with Crippen molar-refractivity contribution < 1.29 is 13.2 Å². The van der Waals surface area contributed by atoms with Crippen LogP contribution in [0, 0.1) is 0 Å². The van der Waals surface area contributed by atoms with Gasteiger partial charge in [-0.15, -0.1) is 0 Å². The molecule has 1 saturated heterocycles. The molecule has 2 rings (SSSR count). The Bertz CT molecular complexity index is 574. The van der Waals surface area contributed by atoms with E-state index in [1.165, 1.54) is 12.1 Å². The van der Waals surface area contributed by atoms with Crippen molar-refractivity contribution >= 4 is 43.2 Å². The predicted octanol–water partition coefficient (Wildman–Crippen LogP) is 2.14. The fourth-order valence-electron chi connectivity index (χ4n) is 1.87. The zero-order valence-corrected chi connectivity index (χ0v) is 13.2. The van der Waals surface area contributed by atoms with Gasteiger partial charge in [-0.1, -0.05) is 11.6 Å². The quantitative estimate of drug-likeness (QED) is 0.797. The second kappa shape index (κ2) is 5.97. The van der Waals surface area contributed by atoms with Crippen LogP contribution in [0.1, 0.15) is 12.8 Å². The summed E-state index contributed by atoms with van der Waals surface area (Å²) in [6.45, 7) is 0.932. The van der Waals surface area contributed by atoms with E-state index in [1.807, 2.05) is 0 Å². The van der Waals surface area contributed by atoms with Gasteiger partial charge >= 0.3 is 0 Å². The lowest BCUT2D eigenvalue weighted by Gasteiger charge is -2.13. The van der Waals surface area contributed by atoms with Crippen LogP contribution in [0.2, 0.25) is 5.02 Å². The standard InChI is InChI=1S/C11H14BrClN2O3S/c12-11-9(14)4-7(13)5-10(11)19(16,17)15-6-8-2-1-3-18-8/h4-5,8,15H,1-3,6,14H2. The maximum Gasteiger partial charge on any atom is 0.241 e. The van der Waals surface area contributed by atoms with Crippen LogP contribution in [0.4, 0.5) is 5.69 Å². The SMILES string of the molecule is Nc1cc(Cl)cc(S(=O)(=O)NCC2CCCO2)c1Br. The Balaban J connectivity index is 2.19. The molecule has 1 aliphatic heterocycles. The van der Waals surface area contributed by atoms with E-state index in [9.17, 15) is 8.42 Å². The van der Waals surface area contributed by atoms with E-state index < -0.39 is 10.0 Å². The van der Waals surface area contributed by atoms with E-state index in [1.54, 1.807) is 0 Å². The summed E-state index contributed by atoms with van der Waals surface area (Å²) in [5.41, 5.74) is 5.97. The Kier molecular flexibility index (Phi) is 4.73. The molecule has 0 amide bonds. The van der Waals surface area contributed by atoms with Crippen molar-refractivity contribution in [2.45, 2.75) is 23.8 Å². The molecule has 0 bridgehead atoms. The number of sulfonamides is 1. The van der Waals surface area contributed by atoms with Crippen molar-refractivity contribution in [3.63, 3.8) is 0 Å². The van der Waals surface area contributed by atoms with Crippen LogP contribution in [0.5, 0.6) is 0 Å². The van der Waals surface area contributed by atoms with Crippen molar-refractivity contribution in [2.75, 3.05) is 18.9 Å². The molecule has 0 spiro atoms. The summed E-state index contributed by atoms with van der Waals surface area (Å²) in [7, 11) is -3.66. The second-order valence-electron chi connectivity index (χ2n) is 4.29. The normalized spacial score (nSPS) is 19.8. The summed E-state index contributed by atoms with van der Waals surface area (Å²) in [5, 5.41) is 0.276. The van der Waals surface area contributed by atoms with Gasteiger partial charge in [0.25, 0.3) is 0 Å². The summed E-state index contributed by atoms with van der Waals surface area (Å²) in [5.74, 6) is 0. The number of ether oxygens (including phenoxy) is 1. The minimum absolute atomic E-state index is 0.0375. The van der Waals surface area contributed by atoms with Gasteiger partial charge in [-0.25, -0.2) is 13.1 Å². The van der Waals surface area contributed by atoms with E-state index in [0.717, 1.165) is 12.8 Å². The molecule has 0 radical (unpaired) electrons. The van der Waals surface area contributed by atoms with E-state index in [-0.39, 0.29) is 28.3 Å². The zero-order valence-electron chi connectivity index (χ0n) is 10.0. The van der Waals surface area contributed by atoms with Gasteiger partial charge in [0.15, 0.2) is 0 Å². The van der Waals surface area contributed by atoms with E-state index in [2.05, 4.69) is 20.7 Å². The third-order valence-electron chi connectivity index (χ3n) is 2.85. The number of anilines is 1. The van der Waals surface area contributed by atoms with Gasteiger partial charge in [0.05, 0.1) is 15.5 Å². The summed E-state index contributed by atoms with van der Waals surface area (Å²) < 4.78 is 32.6. The molecule has 106 valence electrons. The minimum Gasteiger partial charge on any atom is -0.398 e. The van der Waals surface area contributed by atoms with Crippen LogP contribution in [-0.2, 0) is 14.8 Å². The van der Waals surface area contributed by atoms with Crippen LogP contribution >= 0.6 is 27.5 Å². The highest BCUT2D eigenvalue weighted by atomic mass is 79.9. The van der Waals surface area contributed by atoms with Crippen LogP contribution in [0.3, 0.4) is 0 Å². The Morgan fingerprint density at radius 3 is 2.89 bits per heavy atom. The molecule has 1 aromatic carbocycles. The monoisotopic (exact) mass is 368 g/mol. The highest BCUT2D eigenvalue weighted by Crippen LogP contribution is 2.31. The molecule has 1 aromatic rings. The molecule has 5 nitrogen and oxygen atoms in total. The maximum absolute atomic E-state index is 12.2. The van der Waals surface area contributed by atoms with Gasteiger partial charge < -0.3 is 10.5 Å². The predicted molar refractivity (Wildman–Crippen MR) is 77.7 cm³/mol. The molecule has 0 aromatic heterocycles. The minimum atomic E-state index is -3.66. The molecule has 8 heteroatoms. The summed E-state index contributed by atoms with van der Waals surface area (Å²) in [6.07, 6.45) is 1.76. The van der Waals surface area contributed by atoms with Gasteiger partial charge in [-0.3, -0.25) is 0 Å². The Morgan fingerprint density at radius 1 is 1.53 bits per heavy atom. The average molecular weight is 370 g/mol. The van der Waals surface area contributed by atoms with Gasteiger partial charge in [-0.2, -0.15) is 0 Å². The van der Waals surface area contributed by atoms with Gasteiger partial charge in [-0.05, 0) is 40.9 Å². The van der Waals surface area contributed by atoms with Crippen LogP contribution in [0.15, 0.2) is 21.5 Å². The number of nitrogen functional groups attached to an aromatic ring is 1. The number of hydrogen-bond acceptors (Lipinski definition) is 4. The van der Waals surface area contributed by atoms with E-state index in [0.29, 0.717) is 11.1 Å². The van der Waals surface area contributed by atoms with Crippen molar-refractivity contribution in [2.24, 2.45) is 0 Å². The molecule has 1 unspecified atom stereocenters. The summed E-state index contributed by atoms with van der Waals surface area (Å²) in [4.78, 5) is 0.0375. The molecule has 1 aliphatic rings. The first kappa shape index (κ1) is 15.1. The average Bonchev–Trinajstić information content (AvgIpc) is 2.84. The van der Waals surface area contributed by atoms with E-state index >= 15 is 0 Å². The summed E-state index contributed by atoms with van der Waals surface area (Å²) in [6, 6.07) is 2.85. The number of nitrogens with one attached hydrogen (secondary N) is 1. The largest absolute Gasteiger partial charge is 0.398 e. The van der Waals surface area contributed by atoms with Gasteiger partial charge in [0.2, 0.25) is 10.0 Å². The van der Waals surface area contributed by atoms with Gasteiger partial charge in [0, 0.05) is 23.9 Å². The number of nitrogens with two attached hydrogens (primary N) is 1. The molecule has 1 fully saturated rings. The summed E-state index contributed by atoms with van der Waals surface area (Å²) >= 11 is 9.01. The van der Waals surface area contributed by atoms with Crippen molar-refractivity contribution in [3.8, 4) is 0 Å². The third-order valence-corrected chi connectivity index (χ3v) is 5.66. The number of hydrogen-bond donors (Lipinski definition) is 2. The van der Waals surface area contributed by atoms with Crippen LogP contribution in [-0.4, -0.2) is 27.7 Å². The lowest BCUT2D eigenvalue weighted by molar-refractivity contribution is 0.114. The van der Waals surface area contributed by atoms with Gasteiger partial charge in [0.1, 0.15) is 0 Å². The number of benzene rings is 1. The first-order valence-electron chi connectivity index (χ1n) is 5.76. The number of halogens is 2. The molecule has 1 heterocycles. The fraction of sp³-hybridized carbons (Fsp3) is 0.455. The highest BCUT2D eigenvalue weighted by molar-refractivity contribution is 9.10. The van der Waals surface area contributed by atoms with Crippen LogP contribution in [0.25, 0.3) is 0 Å². The molecule has 3 N–H and O–H groups in total. The third kappa shape index (κ3) is 3.61. The Hall–Kier alpha value is -0.340. The molecule has 0 aliphatic carbocycles. The highest BCUT2D eigenvalue weighted by Gasteiger charge is 2.23. The Labute approximate surface area is 125 Å². The topological polar surface area (TPSA) is 81.4 Å². The zero-order chi connectivity index (χ0) is 14.0. The lowest BCUT2D eigenvalue weighted by atomic mass is 10.2. The van der Waals surface area contributed by atoms with E-state index in [4.69, 9.17) is 22.1 Å². The molecular formula is C11H14BrClN2O3S. The molecular weight excluding hydrogens is 356 g/mol. The fourth-order valence-corrected chi connectivity index (χ4v) is 4.22. The number of rotatable bonds is 4.